The summed E-state index contributed by atoms with van der Waals surface area (Å²) in [6, 6.07) is 0. The van der Waals surface area contributed by atoms with Gasteiger partial charge in [-0.15, -0.1) is 0 Å². The Morgan fingerprint density at radius 3 is 2.56 bits per heavy atom. The van der Waals surface area contributed by atoms with Gasteiger partial charge >= 0.3 is 6.16 Å². The van der Waals surface area contributed by atoms with Gasteiger partial charge in [-0.3, -0.25) is 0 Å². The molecule has 0 aliphatic carbocycles. The number of cyclic esters (lactones) is 2. The summed E-state index contributed by atoms with van der Waals surface area (Å²) in [5, 5.41) is 0. The summed E-state index contributed by atoms with van der Waals surface area (Å²) in [5.41, 5.74) is -0.596. The first-order valence-corrected chi connectivity index (χ1v) is 6.14. The zero-order valence-corrected chi connectivity index (χ0v) is 10.2. The maximum atomic E-state index is 11.0. The second kappa shape index (κ2) is 6.42. The molecule has 0 aromatic rings. The zero-order chi connectivity index (χ0) is 11.9. The number of unbranched alkanes of at least 4 members (excludes halogenated alkanes) is 4. The second-order valence-electron chi connectivity index (χ2n) is 4.19. The number of rotatable bonds is 7. The summed E-state index contributed by atoms with van der Waals surface area (Å²) >= 11 is 0. The first kappa shape index (κ1) is 12.9. The summed E-state index contributed by atoms with van der Waals surface area (Å²) in [4.78, 5) is 11.0. The van der Waals surface area contributed by atoms with Crippen LogP contribution in [0.5, 0.6) is 0 Å². The van der Waals surface area contributed by atoms with Crippen molar-refractivity contribution in [2.75, 3.05) is 0 Å². The highest BCUT2D eigenvalue weighted by atomic mass is 16.7. The Kier molecular flexibility index (Phi) is 5.18. The van der Waals surface area contributed by atoms with Crippen LogP contribution in [0.4, 0.5) is 4.79 Å². The van der Waals surface area contributed by atoms with E-state index in [0.717, 1.165) is 19.3 Å². The first-order chi connectivity index (χ1) is 7.72. The molecule has 0 aromatic carbocycles. The quantitative estimate of drug-likeness (QED) is 0.376. The molecule has 0 fully saturated rings. The van der Waals surface area contributed by atoms with E-state index in [9.17, 15) is 4.79 Å². The van der Waals surface area contributed by atoms with Crippen LogP contribution < -0.4 is 0 Å². The molecule has 0 spiro atoms. The van der Waals surface area contributed by atoms with Crippen LogP contribution in [0.25, 0.3) is 0 Å². The monoisotopic (exact) mass is 224 g/mol. The predicted molar refractivity (Wildman–Crippen MR) is 61.7 cm³/mol. The zero-order valence-electron chi connectivity index (χ0n) is 10.2. The molecule has 1 rings (SSSR count). The number of ether oxygens (including phenoxy) is 2. The van der Waals surface area contributed by atoms with Crippen LogP contribution in [-0.4, -0.2) is 11.8 Å². The average Bonchev–Trinajstić information content (AvgIpc) is 2.29. The molecular formula is C13H20O3. The Hall–Kier alpha value is -1.17. The van der Waals surface area contributed by atoms with E-state index in [2.05, 4.69) is 23.7 Å². The van der Waals surface area contributed by atoms with Crippen LogP contribution in [0.15, 0.2) is 0 Å². The summed E-state index contributed by atoms with van der Waals surface area (Å²) in [5.74, 6) is 2.89. The van der Waals surface area contributed by atoms with Gasteiger partial charge in [-0.2, -0.15) is 0 Å². The largest absolute Gasteiger partial charge is 0.524 e. The fourth-order valence-electron chi connectivity index (χ4n) is 1.83. The van der Waals surface area contributed by atoms with Crippen LogP contribution in [0.1, 0.15) is 58.8 Å². The minimum absolute atomic E-state index is 0.596. The third kappa shape index (κ3) is 3.77. The molecule has 3 nitrogen and oxygen atoms in total. The highest BCUT2D eigenvalue weighted by molar-refractivity contribution is 5.64. The van der Waals surface area contributed by atoms with Gasteiger partial charge in [0.1, 0.15) is 6.11 Å². The van der Waals surface area contributed by atoms with E-state index in [1.807, 2.05) is 6.92 Å². The molecule has 1 atom stereocenters. The third-order valence-corrected chi connectivity index (χ3v) is 2.95. The fraction of sp³-hybridized carbons (Fsp3) is 0.769. The lowest BCUT2D eigenvalue weighted by Gasteiger charge is -2.27. The Balaban J connectivity index is 2.35. The highest BCUT2D eigenvalue weighted by Crippen LogP contribution is 2.25. The number of hydrogen-bond acceptors (Lipinski definition) is 3. The molecule has 0 amide bonds. The van der Waals surface area contributed by atoms with E-state index in [-0.39, 0.29) is 0 Å². The maximum Gasteiger partial charge on any atom is 0.524 e. The van der Waals surface area contributed by atoms with Gasteiger partial charge in [0, 0.05) is 0 Å². The van der Waals surface area contributed by atoms with Crippen molar-refractivity contribution < 1.29 is 14.3 Å². The molecular weight excluding hydrogens is 204 g/mol. The molecule has 16 heavy (non-hydrogen) atoms. The topological polar surface area (TPSA) is 35.5 Å². The summed E-state index contributed by atoms with van der Waals surface area (Å²) in [6.07, 6.45) is 9.27. The van der Waals surface area contributed by atoms with Gasteiger partial charge in [0.05, 0.1) is 0 Å². The van der Waals surface area contributed by atoms with Gasteiger partial charge in [0.2, 0.25) is 0 Å². The molecule has 0 saturated carbocycles. The fourth-order valence-corrected chi connectivity index (χ4v) is 1.83. The number of hydrogen-bond donors (Lipinski definition) is 0. The van der Waals surface area contributed by atoms with Crippen molar-refractivity contribution in [1.29, 1.82) is 0 Å². The summed E-state index contributed by atoms with van der Waals surface area (Å²) < 4.78 is 9.65. The maximum absolute atomic E-state index is 11.0. The molecule has 0 radical (unpaired) electrons. The Morgan fingerprint density at radius 1 is 1.19 bits per heavy atom. The van der Waals surface area contributed by atoms with E-state index >= 15 is 0 Å². The lowest BCUT2D eigenvalue weighted by Crippen LogP contribution is -2.35. The van der Waals surface area contributed by atoms with Crippen molar-refractivity contribution >= 4 is 6.16 Å². The number of carbonyl (C=O) groups is 1. The Labute approximate surface area is 97.5 Å². The number of carbonyl (C=O) groups excluding carboxylic acids is 1. The second-order valence-corrected chi connectivity index (χ2v) is 4.19. The van der Waals surface area contributed by atoms with Crippen LogP contribution in [0.2, 0.25) is 0 Å². The molecule has 0 saturated heterocycles. The van der Waals surface area contributed by atoms with Crippen molar-refractivity contribution in [3.8, 4) is 12.0 Å². The minimum atomic E-state index is -0.658. The van der Waals surface area contributed by atoms with E-state index < -0.39 is 11.8 Å². The summed E-state index contributed by atoms with van der Waals surface area (Å²) in [6.45, 7) is 4.18. The van der Waals surface area contributed by atoms with Gasteiger partial charge in [0.25, 0.3) is 0 Å². The smallest absolute Gasteiger partial charge is 0.413 e. The predicted octanol–water partition coefficient (Wildman–Crippen LogP) is 3.62. The van der Waals surface area contributed by atoms with Gasteiger partial charge in [-0.05, 0) is 25.2 Å². The van der Waals surface area contributed by atoms with Gasteiger partial charge < -0.3 is 9.47 Å². The molecule has 90 valence electrons. The normalized spacial score (nSPS) is 23.0. The van der Waals surface area contributed by atoms with E-state index in [1.165, 1.54) is 25.7 Å². The molecule has 1 unspecified atom stereocenters. The van der Waals surface area contributed by atoms with Crippen LogP contribution in [0.3, 0.4) is 0 Å². The summed E-state index contributed by atoms with van der Waals surface area (Å²) in [7, 11) is 0. The molecule has 0 bridgehead atoms. The lowest BCUT2D eigenvalue weighted by atomic mass is 9.93. The highest BCUT2D eigenvalue weighted by Gasteiger charge is 2.33. The molecule has 0 N–H and O–H groups in total. The lowest BCUT2D eigenvalue weighted by molar-refractivity contribution is -0.00209. The van der Waals surface area contributed by atoms with Crippen molar-refractivity contribution in [3.05, 3.63) is 0 Å². The average molecular weight is 224 g/mol. The van der Waals surface area contributed by atoms with Crippen molar-refractivity contribution in [2.24, 2.45) is 0 Å². The van der Waals surface area contributed by atoms with Crippen LogP contribution >= 0.6 is 0 Å². The Morgan fingerprint density at radius 2 is 1.94 bits per heavy atom. The molecule has 1 heterocycles. The van der Waals surface area contributed by atoms with Gasteiger partial charge in [0.15, 0.2) is 5.60 Å². The van der Waals surface area contributed by atoms with E-state index in [1.54, 1.807) is 0 Å². The van der Waals surface area contributed by atoms with E-state index in [4.69, 9.17) is 4.74 Å². The van der Waals surface area contributed by atoms with Crippen LogP contribution in [-0.2, 0) is 9.47 Å². The molecule has 1 aliphatic heterocycles. The SMILES string of the molecule is CCCCCCCC1(CC)C#COC(=O)O1. The van der Waals surface area contributed by atoms with Crippen molar-refractivity contribution in [3.63, 3.8) is 0 Å². The molecule has 1 aliphatic rings. The van der Waals surface area contributed by atoms with Gasteiger partial charge in [-0.1, -0.05) is 39.5 Å². The molecule has 3 heteroatoms. The van der Waals surface area contributed by atoms with Crippen molar-refractivity contribution in [2.45, 2.75) is 64.4 Å². The molecule has 0 aromatic heterocycles. The van der Waals surface area contributed by atoms with Gasteiger partial charge in [-0.25, -0.2) is 4.79 Å². The van der Waals surface area contributed by atoms with E-state index in [0.29, 0.717) is 0 Å². The van der Waals surface area contributed by atoms with Crippen molar-refractivity contribution in [1.82, 2.24) is 0 Å². The Bertz CT molecular complexity index is 287. The van der Waals surface area contributed by atoms with Crippen LogP contribution in [0, 0.1) is 12.0 Å². The third-order valence-electron chi connectivity index (χ3n) is 2.95. The standard InChI is InChI=1S/C13H20O3/c1-3-5-6-7-8-9-13(4-2)10-11-15-12(14)16-13/h3-9H2,1-2H3. The first-order valence-electron chi connectivity index (χ1n) is 6.14. The minimum Gasteiger partial charge on any atom is -0.413 e.